The third kappa shape index (κ3) is 3.02. The zero-order valence-corrected chi connectivity index (χ0v) is 17.7. The second kappa shape index (κ2) is 7.35. The first kappa shape index (κ1) is 21.3. The van der Waals surface area contributed by atoms with Crippen molar-refractivity contribution in [2.24, 2.45) is 0 Å². The molecule has 8 nitrogen and oxygen atoms in total. The molecule has 4 rings (SSSR count). The number of likely N-dealkylation sites (N-methyl/N-ethyl adjacent to an activating group) is 1. The van der Waals surface area contributed by atoms with Crippen molar-refractivity contribution >= 4 is 23.4 Å². The highest BCUT2D eigenvalue weighted by Crippen LogP contribution is 2.47. The minimum Gasteiger partial charge on any atom is -0.503 e. The summed E-state index contributed by atoms with van der Waals surface area (Å²) in [7, 11) is 1.55. The molecule has 2 aromatic rings. The Balaban J connectivity index is 1.83. The van der Waals surface area contributed by atoms with Crippen LogP contribution in [0.2, 0.25) is 5.02 Å². The molecule has 2 amide bonds. The van der Waals surface area contributed by atoms with E-state index in [1.54, 1.807) is 7.05 Å². The number of aromatic hydroxyl groups is 1. The molecule has 10 heteroatoms. The van der Waals surface area contributed by atoms with Gasteiger partial charge in [-0.1, -0.05) is 30.7 Å². The van der Waals surface area contributed by atoms with Crippen LogP contribution in [0.15, 0.2) is 23.0 Å². The van der Waals surface area contributed by atoms with Gasteiger partial charge in [0.15, 0.2) is 11.4 Å². The highest BCUT2D eigenvalue weighted by molar-refractivity contribution is 6.30. The normalized spacial score (nSPS) is 21.9. The van der Waals surface area contributed by atoms with Crippen molar-refractivity contribution < 1.29 is 24.2 Å². The zero-order valence-electron chi connectivity index (χ0n) is 16.9. The Morgan fingerprint density at radius 3 is 2.77 bits per heavy atom. The molecular weight excluding hydrogens is 429 g/mol. The number of carbonyl (C=O) groups is 2. The van der Waals surface area contributed by atoms with E-state index >= 15 is 0 Å². The van der Waals surface area contributed by atoms with Gasteiger partial charge in [-0.25, -0.2) is 4.39 Å². The maximum Gasteiger partial charge on any atom is 0.274 e. The molecule has 2 unspecified atom stereocenters. The van der Waals surface area contributed by atoms with E-state index < -0.39 is 46.0 Å². The molecule has 0 bridgehead atoms. The molecule has 1 aromatic carbocycles. The number of amides is 2. The molecule has 0 fully saturated rings. The first-order valence-electron chi connectivity index (χ1n) is 9.80. The van der Waals surface area contributed by atoms with Crippen molar-refractivity contribution in [3.63, 3.8) is 0 Å². The smallest absolute Gasteiger partial charge is 0.274 e. The Kier molecular flexibility index (Phi) is 5.06. The number of nitrogens with zero attached hydrogens (tertiary/aromatic N) is 2. The fourth-order valence-corrected chi connectivity index (χ4v) is 4.84. The lowest BCUT2D eigenvalue weighted by atomic mass is 9.89. The summed E-state index contributed by atoms with van der Waals surface area (Å²) in [5.74, 6) is -2.99. The Labute approximate surface area is 181 Å². The number of nitrogens with one attached hydrogen (secondary N) is 1. The molecule has 0 saturated carbocycles. The lowest BCUT2D eigenvalue weighted by Crippen LogP contribution is -2.52. The summed E-state index contributed by atoms with van der Waals surface area (Å²) in [6, 6.07) is 4.32. The molecule has 31 heavy (non-hydrogen) atoms. The number of halogens is 2. The van der Waals surface area contributed by atoms with Gasteiger partial charge in [0, 0.05) is 32.1 Å². The van der Waals surface area contributed by atoms with Crippen LogP contribution in [0.4, 0.5) is 4.39 Å². The minimum absolute atomic E-state index is 0.00911. The van der Waals surface area contributed by atoms with E-state index in [0.717, 1.165) is 0 Å². The molecule has 164 valence electrons. The summed E-state index contributed by atoms with van der Waals surface area (Å²) in [6.07, 6.45) is -0.506. The lowest BCUT2D eigenvalue weighted by Gasteiger charge is -2.41. The van der Waals surface area contributed by atoms with E-state index in [2.05, 4.69) is 5.32 Å². The topological polar surface area (TPSA) is 112 Å². The molecule has 3 N–H and O–H groups in total. The molecule has 2 aliphatic heterocycles. The number of rotatable bonds is 4. The fourth-order valence-electron chi connectivity index (χ4n) is 4.65. The summed E-state index contributed by atoms with van der Waals surface area (Å²) < 4.78 is 15.6. The van der Waals surface area contributed by atoms with Crippen molar-refractivity contribution in [3.05, 3.63) is 61.8 Å². The number of hydrogen-bond donors (Lipinski definition) is 3. The summed E-state index contributed by atoms with van der Waals surface area (Å²) >= 11 is 5.76. The molecule has 3 heterocycles. The van der Waals surface area contributed by atoms with Gasteiger partial charge >= 0.3 is 0 Å². The van der Waals surface area contributed by atoms with Crippen LogP contribution in [0.25, 0.3) is 0 Å². The number of carbonyl (C=O) groups excluding carboxylic acids is 2. The predicted molar refractivity (Wildman–Crippen MR) is 110 cm³/mol. The quantitative estimate of drug-likeness (QED) is 0.660. The number of benzene rings is 1. The second-order valence-corrected chi connectivity index (χ2v) is 8.38. The van der Waals surface area contributed by atoms with Crippen molar-refractivity contribution in [1.82, 2.24) is 14.8 Å². The van der Waals surface area contributed by atoms with Crippen LogP contribution in [-0.2, 0) is 12.1 Å². The van der Waals surface area contributed by atoms with Gasteiger partial charge in [-0.2, -0.15) is 0 Å². The van der Waals surface area contributed by atoms with Crippen molar-refractivity contribution in [2.45, 2.75) is 38.0 Å². The minimum atomic E-state index is -1.19. The average Bonchev–Trinajstić information content (AvgIpc) is 3.01. The van der Waals surface area contributed by atoms with E-state index in [9.17, 15) is 29.0 Å². The van der Waals surface area contributed by atoms with Gasteiger partial charge in [-0.3, -0.25) is 14.4 Å². The van der Waals surface area contributed by atoms with E-state index in [1.165, 1.54) is 27.7 Å². The Bertz CT molecular complexity index is 1180. The Hall–Kier alpha value is -2.91. The molecule has 0 aliphatic carbocycles. The highest BCUT2D eigenvalue weighted by atomic mass is 35.5. The Morgan fingerprint density at radius 1 is 1.39 bits per heavy atom. The van der Waals surface area contributed by atoms with Gasteiger partial charge in [0.2, 0.25) is 5.43 Å². The van der Waals surface area contributed by atoms with E-state index in [0.29, 0.717) is 6.42 Å². The summed E-state index contributed by atoms with van der Waals surface area (Å²) in [5.41, 5.74) is -2.40. The highest BCUT2D eigenvalue weighted by Gasteiger charge is 2.51. The standard InChI is InChI=1S/C21H21ClFN3O5/c1-3-21-7-12(27)15-13(19(30)24-8-10-5-4-6-11(22)14(10)23)17(28)18(29)16(26(15)21)20(31)25(2)9-21/h4-6,12,27,29H,3,7-9H2,1-2H3,(H,24,30). The van der Waals surface area contributed by atoms with Crippen LogP contribution in [0, 0.1) is 5.82 Å². The van der Waals surface area contributed by atoms with Crippen LogP contribution < -0.4 is 10.7 Å². The summed E-state index contributed by atoms with van der Waals surface area (Å²) in [6.45, 7) is 1.87. The molecular formula is C21H21ClFN3O5. The van der Waals surface area contributed by atoms with Gasteiger partial charge < -0.3 is 25.0 Å². The van der Waals surface area contributed by atoms with E-state index in [4.69, 9.17) is 11.6 Å². The van der Waals surface area contributed by atoms with E-state index in [-0.39, 0.29) is 41.5 Å². The SMILES string of the molecule is CCC12CC(O)c3c(C(=O)NCc4cccc(Cl)c4F)c(=O)c(O)c(n31)C(=O)N(C)C2. The average molecular weight is 450 g/mol. The third-order valence-corrected chi connectivity index (χ3v) is 6.48. The number of hydrogen-bond acceptors (Lipinski definition) is 5. The first-order valence-corrected chi connectivity index (χ1v) is 10.2. The van der Waals surface area contributed by atoms with Gasteiger partial charge in [-0.05, 0) is 12.5 Å². The molecule has 0 saturated heterocycles. The number of aliphatic hydroxyl groups excluding tert-OH is 1. The summed E-state index contributed by atoms with van der Waals surface area (Å²) in [4.78, 5) is 40.0. The fraction of sp³-hybridized carbons (Fsp3) is 0.381. The van der Waals surface area contributed by atoms with Crippen LogP contribution in [0.1, 0.15) is 58.0 Å². The predicted octanol–water partition coefficient (Wildman–Crippen LogP) is 1.90. The molecule has 0 spiro atoms. The largest absolute Gasteiger partial charge is 0.503 e. The Morgan fingerprint density at radius 2 is 2.10 bits per heavy atom. The first-order chi connectivity index (χ1) is 14.6. The zero-order chi connectivity index (χ0) is 22.7. The summed E-state index contributed by atoms with van der Waals surface area (Å²) in [5, 5.41) is 23.7. The molecule has 2 aliphatic rings. The molecule has 2 atom stereocenters. The maximum absolute atomic E-state index is 14.1. The maximum atomic E-state index is 14.1. The van der Waals surface area contributed by atoms with Crippen molar-refractivity contribution in [1.29, 1.82) is 0 Å². The molecule has 0 radical (unpaired) electrons. The van der Waals surface area contributed by atoms with Crippen molar-refractivity contribution in [2.75, 3.05) is 13.6 Å². The van der Waals surface area contributed by atoms with Gasteiger partial charge in [0.05, 0.1) is 22.4 Å². The van der Waals surface area contributed by atoms with E-state index in [1.807, 2.05) is 6.92 Å². The van der Waals surface area contributed by atoms with Crippen LogP contribution in [0.5, 0.6) is 5.75 Å². The van der Waals surface area contributed by atoms with Crippen LogP contribution in [0.3, 0.4) is 0 Å². The second-order valence-electron chi connectivity index (χ2n) is 7.98. The van der Waals surface area contributed by atoms with Crippen LogP contribution >= 0.6 is 11.6 Å². The van der Waals surface area contributed by atoms with Gasteiger partial charge in [-0.15, -0.1) is 0 Å². The monoisotopic (exact) mass is 449 g/mol. The lowest BCUT2D eigenvalue weighted by molar-refractivity contribution is 0.0568. The van der Waals surface area contributed by atoms with Crippen LogP contribution in [-0.4, -0.2) is 45.1 Å². The molecule has 1 aromatic heterocycles. The third-order valence-electron chi connectivity index (χ3n) is 6.19. The van der Waals surface area contributed by atoms with Gasteiger partial charge in [0.25, 0.3) is 11.8 Å². The number of pyridine rings is 1. The van der Waals surface area contributed by atoms with Gasteiger partial charge in [0.1, 0.15) is 11.4 Å². The van der Waals surface area contributed by atoms with Crippen molar-refractivity contribution in [3.8, 4) is 5.75 Å². The number of aliphatic hydroxyl groups is 1. The number of aromatic nitrogens is 1.